The van der Waals surface area contributed by atoms with Crippen LogP contribution in [0.5, 0.6) is 11.8 Å². The zero-order valence-electron chi connectivity index (χ0n) is 18.5. The number of fused-ring (bicyclic) bond motifs is 3. The van der Waals surface area contributed by atoms with Crippen LogP contribution < -0.4 is 21.1 Å². The van der Waals surface area contributed by atoms with Crippen LogP contribution in [0.4, 0.5) is 5.82 Å². The van der Waals surface area contributed by atoms with Gasteiger partial charge in [-0.3, -0.25) is 14.8 Å². The minimum absolute atomic E-state index is 0.205. The molecule has 3 aromatic heterocycles. The van der Waals surface area contributed by atoms with Crippen LogP contribution in [-0.4, -0.2) is 49.5 Å². The number of hydrogen-bond donors (Lipinski definition) is 3. The van der Waals surface area contributed by atoms with Crippen molar-refractivity contribution in [3.05, 3.63) is 40.8 Å². The smallest absolute Gasteiger partial charge is 0.325 e. The number of amides is 1. The van der Waals surface area contributed by atoms with Crippen molar-refractivity contribution in [3.63, 3.8) is 0 Å². The third-order valence-electron chi connectivity index (χ3n) is 7.00. The van der Waals surface area contributed by atoms with Crippen molar-refractivity contribution >= 4 is 49.7 Å². The lowest BCUT2D eigenvalue weighted by molar-refractivity contribution is -0.118. The summed E-state index contributed by atoms with van der Waals surface area (Å²) >= 11 is 3.73. The molecule has 4 aromatic rings. The van der Waals surface area contributed by atoms with Crippen LogP contribution >= 0.6 is 15.9 Å². The number of primary amides is 1. The molecule has 2 unspecified atom stereocenters. The molecule has 0 bridgehead atoms. The number of nitrogens with one attached hydrogen (secondary N) is 1. The van der Waals surface area contributed by atoms with Gasteiger partial charge in [-0.05, 0) is 34.5 Å². The van der Waals surface area contributed by atoms with Crippen LogP contribution in [0.15, 0.2) is 35.1 Å². The van der Waals surface area contributed by atoms with Crippen molar-refractivity contribution in [2.75, 3.05) is 18.0 Å². The first kappa shape index (κ1) is 21.2. The van der Waals surface area contributed by atoms with E-state index in [1.54, 1.807) is 12.4 Å². The largest absolute Gasteiger partial charge is 0.424 e. The molecule has 0 spiro atoms. The summed E-state index contributed by atoms with van der Waals surface area (Å²) < 4.78 is 7.02. The Morgan fingerprint density at radius 1 is 1.24 bits per heavy atom. The maximum absolute atomic E-state index is 11.5. The van der Waals surface area contributed by atoms with Gasteiger partial charge in [0.1, 0.15) is 17.2 Å². The summed E-state index contributed by atoms with van der Waals surface area (Å²) in [5, 5.41) is 0.910. The minimum atomic E-state index is -0.510. The number of halogens is 1. The van der Waals surface area contributed by atoms with Gasteiger partial charge in [0, 0.05) is 61.0 Å². The zero-order valence-corrected chi connectivity index (χ0v) is 20.0. The summed E-state index contributed by atoms with van der Waals surface area (Å²) in [4.78, 5) is 35.1. The number of piperidine rings is 1. The maximum Gasteiger partial charge on any atom is 0.325 e. The molecule has 2 fully saturated rings. The third-order valence-corrected chi connectivity index (χ3v) is 7.87. The van der Waals surface area contributed by atoms with E-state index < -0.39 is 5.54 Å². The van der Waals surface area contributed by atoms with E-state index in [1.165, 1.54) is 0 Å². The van der Waals surface area contributed by atoms with Gasteiger partial charge in [0.15, 0.2) is 0 Å². The molecule has 1 aromatic carbocycles. The lowest BCUT2D eigenvalue weighted by Gasteiger charge is -2.25. The van der Waals surface area contributed by atoms with E-state index in [9.17, 15) is 4.79 Å². The fourth-order valence-electron chi connectivity index (χ4n) is 5.21. The first-order valence-electron chi connectivity index (χ1n) is 11.2. The van der Waals surface area contributed by atoms with Gasteiger partial charge in [0.25, 0.3) is 0 Å². The van der Waals surface area contributed by atoms with Crippen LogP contribution in [-0.2, 0) is 11.2 Å². The summed E-state index contributed by atoms with van der Waals surface area (Å²) in [7, 11) is 0. The van der Waals surface area contributed by atoms with E-state index in [4.69, 9.17) is 21.2 Å². The summed E-state index contributed by atoms with van der Waals surface area (Å²) in [6.07, 6.45) is 4.32. The highest BCUT2D eigenvalue weighted by Gasteiger charge is 2.66. The van der Waals surface area contributed by atoms with E-state index in [0.29, 0.717) is 24.5 Å². The number of ether oxygens (including phenoxy) is 1. The molecule has 174 valence electrons. The number of rotatable bonds is 6. The van der Waals surface area contributed by atoms with Crippen LogP contribution in [0.25, 0.3) is 22.1 Å². The Bertz CT molecular complexity index is 1440. The Morgan fingerprint density at radius 3 is 2.68 bits per heavy atom. The van der Waals surface area contributed by atoms with E-state index >= 15 is 0 Å². The van der Waals surface area contributed by atoms with Gasteiger partial charge in [-0.2, -0.15) is 9.97 Å². The van der Waals surface area contributed by atoms with E-state index in [0.717, 1.165) is 38.8 Å². The van der Waals surface area contributed by atoms with Crippen LogP contribution in [0.3, 0.4) is 0 Å². The number of aromatic amines is 1. The van der Waals surface area contributed by atoms with Gasteiger partial charge in [-0.25, -0.2) is 0 Å². The average Bonchev–Trinajstić information content (AvgIpc) is 3.16. The van der Waals surface area contributed by atoms with E-state index in [2.05, 4.69) is 47.7 Å². The van der Waals surface area contributed by atoms with Crippen molar-refractivity contribution in [1.82, 2.24) is 24.9 Å². The molecule has 2 atom stereocenters. The molecule has 4 heterocycles. The number of nitrogens with zero attached hydrogens (tertiary/aromatic N) is 5. The summed E-state index contributed by atoms with van der Waals surface area (Å²) in [6, 6.07) is 5.73. The molecule has 1 amide bonds. The van der Waals surface area contributed by atoms with Gasteiger partial charge in [-0.1, -0.05) is 6.92 Å². The Hall–Kier alpha value is -3.31. The molecule has 6 rings (SSSR count). The summed E-state index contributed by atoms with van der Waals surface area (Å²) in [5.74, 6) is 1.40. The second-order valence-electron chi connectivity index (χ2n) is 9.01. The Morgan fingerprint density at radius 2 is 1.97 bits per heavy atom. The molecule has 1 aliphatic carbocycles. The molecule has 2 aliphatic rings. The van der Waals surface area contributed by atoms with Gasteiger partial charge >= 0.3 is 6.01 Å². The monoisotopic (exact) mass is 522 g/mol. The van der Waals surface area contributed by atoms with Gasteiger partial charge in [-0.15, -0.1) is 0 Å². The SMILES string of the molecule is CCc1[nH]c2nc(Oc3ccc4nccnc4c3)nc(N3CC4C(C3)C4(N)CC(N)=O)c2c1Br. The predicted octanol–water partition coefficient (Wildman–Crippen LogP) is 2.66. The zero-order chi connectivity index (χ0) is 23.6. The molecule has 1 aliphatic heterocycles. The van der Waals surface area contributed by atoms with Gasteiger partial charge in [0.05, 0.1) is 20.9 Å². The van der Waals surface area contributed by atoms with Crippen LogP contribution in [0.1, 0.15) is 19.0 Å². The fourth-order valence-corrected chi connectivity index (χ4v) is 5.95. The summed E-state index contributed by atoms with van der Waals surface area (Å²) in [6.45, 7) is 3.48. The van der Waals surface area contributed by atoms with Crippen molar-refractivity contribution in [2.45, 2.75) is 25.3 Å². The molecule has 10 nitrogen and oxygen atoms in total. The van der Waals surface area contributed by atoms with Crippen molar-refractivity contribution in [1.29, 1.82) is 0 Å². The first-order chi connectivity index (χ1) is 16.4. The number of hydrogen-bond acceptors (Lipinski definition) is 8. The number of H-pyrrole nitrogens is 1. The van der Waals surface area contributed by atoms with E-state index in [-0.39, 0.29) is 30.2 Å². The number of anilines is 1. The molecular formula is C23H23BrN8O2. The molecule has 11 heteroatoms. The van der Waals surface area contributed by atoms with Crippen LogP contribution in [0, 0.1) is 11.8 Å². The Kier molecular flexibility index (Phi) is 4.75. The fraction of sp³-hybridized carbons (Fsp3) is 0.348. The highest BCUT2D eigenvalue weighted by atomic mass is 79.9. The number of aryl methyl sites for hydroxylation is 1. The Balaban J connectivity index is 1.36. The lowest BCUT2D eigenvalue weighted by atomic mass is 10.1. The average molecular weight is 523 g/mol. The third kappa shape index (κ3) is 3.30. The molecular weight excluding hydrogens is 500 g/mol. The first-order valence-corrected chi connectivity index (χ1v) is 12.0. The number of carbonyl (C=O) groups excluding carboxylic acids is 1. The normalized spacial score (nSPS) is 23.4. The standard InChI is InChI=1S/C23H23BrN8O2/c1-2-14-19(24)18-20(29-14)30-22(34-11-3-4-15-16(7-11)28-6-5-27-15)31-21(18)32-9-12-13(10-32)23(12,26)8-17(25)33/h3-7,12-13H,2,8-10,26H2,1H3,(H2,25,33)(H,29,30,31). The van der Waals surface area contributed by atoms with Gasteiger partial charge in [0.2, 0.25) is 5.91 Å². The van der Waals surface area contributed by atoms with E-state index in [1.807, 2.05) is 18.2 Å². The second-order valence-corrected chi connectivity index (χ2v) is 9.80. The Labute approximate surface area is 203 Å². The lowest BCUT2D eigenvalue weighted by Crippen LogP contribution is -2.40. The molecule has 0 radical (unpaired) electrons. The summed E-state index contributed by atoms with van der Waals surface area (Å²) in [5.41, 5.74) is 14.6. The highest BCUT2D eigenvalue weighted by Crippen LogP contribution is 2.56. The molecule has 1 saturated carbocycles. The molecule has 5 N–H and O–H groups in total. The molecule has 1 saturated heterocycles. The number of nitrogens with two attached hydrogens (primary N) is 2. The number of carbonyl (C=O) groups is 1. The van der Waals surface area contributed by atoms with Crippen molar-refractivity contribution in [2.24, 2.45) is 23.3 Å². The quantitative estimate of drug-likeness (QED) is 0.349. The van der Waals surface area contributed by atoms with Crippen molar-refractivity contribution in [3.8, 4) is 11.8 Å². The second kappa shape index (κ2) is 7.60. The van der Waals surface area contributed by atoms with Crippen molar-refractivity contribution < 1.29 is 9.53 Å². The van der Waals surface area contributed by atoms with Gasteiger partial charge < -0.3 is 26.1 Å². The topological polar surface area (TPSA) is 149 Å². The van der Waals surface area contributed by atoms with Crippen LogP contribution in [0.2, 0.25) is 0 Å². The number of benzene rings is 1. The maximum atomic E-state index is 11.5. The highest BCUT2D eigenvalue weighted by molar-refractivity contribution is 9.10. The minimum Gasteiger partial charge on any atom is -0.424 e. The number of aromatic nitrogens is 5. The molecule has 34 heavy (non-hydrogen) atoms. The predicted molar refractivity (Wildman–Crippen MR) is 131 cm³/mol.